The number of hydrazine groups is 1. The zero-order valence-electron chi connectivity index (χ0n) is 11.4. The molecule has 1 amide bonds. The summed E-state index contributed by atoms with van der Waals surface area (Å²) >= 11 is 0. The molecule has 0 atom stereocenters. The van der Waals surface area contributed by atoms with E-state index in [0.717, 1.165) is 5.56 Å². The summed E-state index contributed by atoms with van der Waals surface area (Å²) in [5, 5.41) is 6.57. The first-order chi connectivity index (χ1) is 9.60. The molecular weight excluding hydrogens is 258 g/mol. The lowest BCUT2D eigenvalue weighted by Gasteiger charge is -2.10. The number of nitrogen functional groups attached to an aromatic ring is 1. The zero-order valence-corrected chi connectivity index (χ0v) is 11.4. The Morgan fingerprint density at radius 1 is 1.40 bits per heavy atom. The van der Waals surface area contributed by atoms with Gasteiger partial charge in [0.05, 0.1) is 11.3 Å². The first-order valence-electron chi connectivity index (χ1n) is 6.25. The average molecular weight is 275 g/mol. The van der Waals surface area contributed by atoms with Crippen LogP contribution in [0.15, 0.2) is 22.7 Å². The van der Waals surface area contributed by atoms with E-state index in [0.29, 0.717) is 35.9 Å². The van der Waals surface area contributed by atoms with Gasteiger partial charge in [-0.1, -0.05) is 16.8 Å². The second-order valence-corrected chi connectivity index (χ2v) is 4.43. The number of carbonyl (C=O) groups is 1. The van der Waals surface area contributed by atoms with Crippen LogP contribution < -0.4 is 16.6 Å². The van der Waals surface area contributed by atoms with Crippen molar-refractivity contribution in [2.24, 2.45) is 5.84 Å². The molecule has 0 aliphatic rings. The van der Waals surface area contributed by atoms with Crippen LogP contribution in [0.3, 0.4) is 0 Å². The third kappa shape index (κ3) is 3.33. The summed E-state index contributed by atoms with van der Waals surface area (Å²) in [6.07, 6.45) is 0.514. The minimum absolute atomic E-state index is 0.193. The van der Waals surface area contributed by atoms with Crippen LogP contribution in [-0.2, 0) is 6.42 Å². The third-order valence-electron chi connectivity index (χ3n) is 2.78. The number of rotatable bonds is 5. The average Bonchev–Trinajstić information content (AvgIpc) is 2.84. The second-order valence-electron chi connectivity index (χ2n) is 4.43. The molecule has 1 heterocycles. The van der Waals surface area contributed by atoms with Gasteiger partial charge in [-0.2, -0.15) is 4.98 Å². The van der Waals surface area contributed by atoms with Crippen molar-refractivity contribution in [3.05, 3.63) is 41.0 Å². The van der Waals surface area contributed by atoms with E-state index in [-0.39, 0.29) is 5.91 Å². The second kappa shape index (κ2) is 6.16. The van der Waals surface area contributed by atoms with E-state index >= 15 is 0 Å². The maximum atomic E-state index is 12.1. The maximum absolute atomic E-state index is 12.1. The summed E-state index contributed by atoms with van der Waals surface area (Å²) in [5.41, 5.74) is 4.60. The number of carbonyl (C=O) groups excluding carboxylic acids is 1. The number of amides is 1. The summed E-state index contributed by atoms with van der Waals surface area (Å²) in [7, 11) is 0. The van der Waals surface area contributed by atoms with Gasteiger partial charge in [-0.05, 0) is 19.1 Å². The molecule has 2 rings (SSSR count). The molecule has 0 saturated carbocycles. The monoisotopic (exact) mass is 275 g/mol. The van der Waals surface area contributed by atoms with Gasteiger partial charge in [0.25, 0.3) is 5.91 Å². The number of hydrogen-bond donors (Lipinski definition) is 3. The molecule has 0 unspecified atom stereocenters. The summed E-state index contributed by atoms with van der Waals surface area (Å²) in [4.78, 5) is 16.2. The van der Waals surface area contributed by atoms with E-state index in [2.05, 4.69) is 20.9 Å². The van der Waals surface area contributed by atoms with Crippen molar-refractivity contribution < 1.29 is 9.32 Å². The van der Waals surface area contributed by atoms with E-state index in [1.807, 2.05) is 13.0 Å². The molecule has 4 N–H and O–H groups in total. The zero-order chi connectivity index (χ0) is 14.5. The van der Waals surface area contributed by atoms with E-state index < -0.39 is 0 Å². The highest BCUT2D eigenvalue weighted by Gasteiger charge is 2.11. The smallest absolute Gasteiger partial charge is 0.253 e. The SMILES string of the molecule is Cc1ccc(NN)c(C(=O)NCCc2noc(C)n2)c1. The number of aryl methyl sites for hydroxylation is 2. The standard InChI is InChI=1S/C13H17N5O2/c1-8-3-4-11(17-14)10(7-8)13(19)15-6-5-12-16-9(2)20-18-12/h3-4,7,17H,5-6,14H2,1-2H3,(H,15,19). The Kier molecular flexibility index (Phi) is 4.31. The molecule has 7 nitrogen and oxygen atoms in total. The molecule has 2 aromatic rings. The van der Waals surface area contributed by atoms with Gasteiger partial charge in [0, 0.05) is 19.9 Å². The van der Waals surface area contributed by atoms with Gasteiger partial charge in [0.15, 0.2) is 5.82 Å². The van der Waals surface area contributed by atoms with Crippen LogP contribution in [0.2, 0.25) is 0 Å². The molecule has 0 aliphatic heterocycles. The minimum atomic E-state index is -0.193. The molecule has 7 heteroatoms. The highest BCUT2D eigenvalue weighted by molar-refractivity contribution is 5.99. The molecule has 1 aromatic heterocycles. The van der Waals surface area contributed by atoms with Crippen molar-refractivity contribution in [2.45, 2.75) is 20.3 Å². The highest BCUT2D eigenvalue weighted by Crippen LogP contribution is 2.16. The number of nitrogens with one attached hydrogen (secondary N) is 2. The number of aromatic nitrogens is 2. The van der Waals surface area contributed by atoms with Crippen LogP contribution in [0.1, 0.15) is 27.6 Å². The Hall–Kier alpha value is -2.41. The lowest BCUT2D eigenvalue weighted by molar-refractivity contribution is 0.0954. The molecular formula is C13H17N5O2. The number of benzene rings is 1. The predicted octanol–water partition coefficient (Wildman–Crippen LogP) is 0.945. The topological polar surface area (TPSA) is 106 Å². The van der Waals surface area contributed by atoms with Crippen molar-refractivity contribution >= 4 is 11.6 Å². The van der Waals surface area contributed by atoms with Crippen LogP contribution in [0, 0.1) is 13.8 Å². The van der Waals surface area contributed by atoms with Gasteiger partial charge < -0.3 is 15.3 Å². The van der Waals surface area contributed by atoms with E-state index in [1.54, 1.807) is 19.1 Å². The molecule has 0 aliphatic carbocycles. The number of nitrogens with two attached hydrogens (primary N) is 1. The van der Waals surface area contributed by atoms with Gasteiger partial charge in [-0.3, -0.25) is 10.6 Å². The van der Waals surface area contributed by atoms with Crippen molar-refractivity contribution in [2.75, 3.05) is 12.0 Å². The molecule has 0 fully saturated rings. The maximum Gasteiger partial charge on any atom is 0.253 e. The quantitative estimate of drug-likeness (QED) is 0.554. The molecule has 1 aromatic carbocycles. The fourth-order valence-electron chi connectivity index (χ4n) is 1.80. The molecule has 20 heavy (non-hydrogen) atoms. The van der Waals surface area contributed by atoms with Crippen molar-refractivity contribution in [1.29, 1.82) is 0 Å². The first kappa shape index (κ1) is 14.0. The van der Waals surface area contributed by atoms with Gasteiger partial charge in [-0.25, -0.2) is 0 Å². The Morgan fingerprint density at radius 3 is 2.85 bits per heavy atom. The van der Waals surface area contributed by atoms with E-state index in [1.165, 1.54) is 0 Å². The van der Waals surface area contributed by atoms with Crippen LogP contribution in [0.5, 0.6) is 0 Å². The van der Waals surface area contributed by atoms with Gasteiger partial charge in [0.1, 0.15) is 0 Å². The molecule has 106 valence electrons. The van der Waals surface area contributed by atoms with E-state index in [9.17, 15) is 4.79 Å². The molecule has 0 radical (unpaired) electrons. The number of hydrogen-bond acceptors (Lipinski definition) is 6. The van der Waals surface area contributed by atoms with Crippen LogP contribution in [0.25, 0.3) is 0 Å². The largest absolute Gasteiger partial charge is 0.352 e. The molecule has 0 saturated heterocycles. The number of anilines is 1. The van der Waals surface area contributed by atoms with Gasteiger partial charge in [-0.15, -0.1) is 0 Å². The van der Waals surface area contributed by atoms with E-state index in [4.69, 9.17) is 10.4 Å². The normalized spacial score (nSPS) is 10.3. The summed E-state index contributed by atoms with van der Waals surface area (Å²) < 4.78 is 4.86. The Balaban J connectivity index is 1.96. The summed E-state index contributed by atoms with van der Waals surface area (Å²) in [5.74, 6) is 6.29. The van der Waals surface area contributed by atoms with Crippen molar-refractivity contribution in [3.63, 3.8) is 0 Å². The Labute approximate surface area is 116 Å². The molecule has 0 bridgehead atoms. The Morgan fingerprint density at radius 2 is 2.20 bits per heavy atom. The summed E-state index contributed by atoms with van der Waals surface area (Å²) in [6, 6.07) is 5.43. The van der Waals surface area contributed by atoms with Crippen molar-refractivity contribution in [3.8, 4) is 0 Å². The van der Waals surface area contributed by atoms with Crippen LogP contribution >= 0.6 is 0 Å². The lowest BCUT2D eigenvalue weighted by atomic mass is 10.1. The molecule has 0 spiro atoms. The Bertz CT molecular complexity index is 609. The fraction of sp³-hybridized carbons (Fsp3) is 0.308. The third-order valence-corrected chi connectivity index (χ3v) is 2.78. The summed E-state index contributed by atoms with van der Waals surface area (Å²) in [6.45, 7) is 4.07. The number of nitrogens with zero attached hydrogens (tertiary/aromatic N) is 2. The van der Waals surface area contributed by atoms with Crippen LogP contribution in [0.4, 0.5) is 5.69 Å². The minimum Gasteiger partial charge on any atom is -0.352 e. The highest BCUT2D eigenvalue weighted by atomic mass is 16.5. The lowest BCUT2D eigenvalue weighted by Crippen LogP contribution is -2.27. The van der Waals surface area contributed by atoms with Gasteiger partial charge >= 0.3 is 0 Å². The van der Waals surface area contributed by atoms with Gasteiger partial charge in [0.2, 0.25) is 5.89 Å². The van der Waals surface area contributed by atoms with Crippen LogP contribution in [-0.4, -0.2) is 22.6 Å². The predicted molar refractivity (Wildman–Crippen MR) is 74.1 cm³/mol. The fourth-order valence-corrected chi connectivity index (χ4v) is 1.80. The van der Waals surface area contributed by atoms with Crippen molar-refractivity contribution in [1.82, 2.24) is 15.5 Å². The first-order valence-corrected chi connectivity index (χ1v) is 6.25.